The SMILES string of the molecule is COc1ccc(Cl)cc1NC(=O)/C(C#N)=C/c1ccccc1OCc1cccc(Cl)c1. The minimum atomic E-state index is -0.590. The van der Waals surface area contributed by atoms with Crippen LogP contribution in [-0.4, -0.2) is 13.0 Å². The lowest BCUT2D eigenvalue weighted by Crippen LogP contribution is -2.14. The smallest absolute Gasteiger partial charge is 0.266 e. The Morgan fingerprint density at radius 3 is 2.55 bits per heavy atom. The number of hydrogen-bond donors (Lipinski definition) is 1. The summed E-state index contributed by atoms with van der Waals surface area (Å²) in [7, 11) is 1.48. The lowest BCUT2D eigenvalue weighted by Gasteiger charge is -2.11. The minimum Gasteiger partial charge on any atom is -0.495 e. The molecule has 0 aromatic heterocycles. The molecule has 31 heavy (non-hydrogen) atoms. The van der Waals surface area contributed by atoms with Crippen molar-refractivity contribution in [2.45, 2.75) is 6.61 Å². The molecule has 5 nitrogen and oxygen atoms in total. The monoisotopic (exact) mass is 452 g/mol. The molecule has 0 aliphatic carbocycles. The van der Waals surface area contributed by atoms with Crippen LogP contribution >= 0.6 is 23.2 Å². The second-order valence-corrected chi connectivity index (χ2v) is 7.30. The summed E-state index contributed by atoms with van der Waals surface area (Å²) in [5, 5.41) is 13.3. The van der Waals surface area contributed by atoms with Gasteiger partial charge in [0.1, 0.15) is 29.7 Å². The van der Waals surface area contributed by atoms with Gasteiger partial charge in [-0.25, -0.2) is 0 Å². The number of para-hydroxylation sites is 1. The molecule has 156 valence electrons. The molecule has 0 aliphatic rings. The first-order valence-electron chi connectivity index (χ1n) is 9.23. The fourth-order valence-electron chi connectivity index (χ4n) is 2.79. The molecule has 3 aromatic carbocycles. The van der Waals surface area contributed by atoms with Crippen LogP contribution in [0.5, 0.6) is 11.5 Å². The Bertz CT molecular complexity index is 1170. The van der Waals surface area contributed by atoms with E-state index in [1.807, 2.05) is 30.3 Å². The van der Waals surface area contributed by atoms with E-state index in [4.69, 9.17) is 32.7 Å². The molecular formula is C24H18Cl2N2O3. The third-order valence-electron chi connectivity index (χ3n) is 4.28. The number of carbonyl (C=O) groups is 1. The van der Waals surface area contributed by atoms with Gasteiger partial charge in [0.15, 0.2) is 0 Å². The highest BCUT2D eigenvalue weighted by Crippen LogP contribution is 2.28. The molecule has 0 saturated carbocycles. The number of halogens is 2. The summed E-state index contributed by atoms with van der Waals surface area (Å²) in [6.45, 7) is 0.291. The number of hydrogen-bond acceptors (Lipinski definition) is 4. The van der Waals surface area contributed by atoms with Gasteiger partial charge < -0.3 is 14.8 Å². The molecule has 0 fully saturated rings. The molecule has 0 heterocycles. The van der Waals surface area contributed by atoms with Crippen LogP contribution in [0.3, 0.4) is 0 Å². The molecule has 7 heteroatoms. The number of nitrogens with one attached hydrogen (secondary N) is 1. The summed E-state index contributed by atoms with van der Waals surface area (Å²) in [6.07, 6.45) is 1.47. The van der Waals surface area contributed by atoms with Crippen LogP contribution in [0.4, 0.5) is 5.69 Å². The van der Waals surface area contributed by atoms with Crippen molar-refractivity contribution in [1.29, 1.82) is 5.26 Å². The van der Waals surface area contributed by atoms with Gasteiger partial charge in [-0.2, -0.15) is 5.26 Å². The Hall–Kier alpha value is -3.46. The molecule has 3 rings (SSSR count). The highest BCUT2D eigenvalue weighted by Gasteiger charge is 2.14. The van der Waals surface area contributed by atoms with E-state index in [9.17, 15) is 10.1 Å². The zero-order valence-corrected chi connectivity index (χ0v) is 18.1. The number of rotatable bonds is 7. The fraction of sp³-hybridized carbons (Fsp3) is 0.0833. The molecule has 0 unspecified atom stereocenters. The Morgan fingerprint density at radius 1 is 1.03 bits per heavy atom. The number of ether oxygens (including phenoxy) is 2. The summed E-state index contributed by atoms with van der Waals surface area (Å²) in [5.74, 6) is 0.372. The Morgan fingerprint density at radius 2 is 1.81 bits per heavy atom. The van der Waals surface area contributed by atoms with Gasteiger partial charge in [0.2, 0.25) is 0 Å². The van der Waals surface area contributed by atoms with Crippen LogP contribution in [0.15, 0.2) is 72.3 Å². The average Bonchev–Trinajstić information content (AvgIpc) is 2.77. The van der Waals surface area contributed by atoms with E-state index < -0.39 is 5.91 Å². The summed E-state index contributed by atoms with van der Waals surface area (Å²) >= 11 is 12.0. The number of amides is 1. The fourth-order valence-corrected chi connectivity index (χ4v) is 3.18. The molecule has 0 spiro atoms. The third kappa shape index (κ3) is 6.02. The number of nitriles is 1. The lowest BCUT2D eigenvalue weighted by molar-refractivity contribution is -0.112. The lowest BCUT2D eigenvalue weighted by atomic mass is 10.1. The molecule has 1 N–H and O–H groups in total. The minimum absolute atomic E-state index is 0.0964. The Balaban J connectivity index is 1.82. The van der Waals surface area contributed by atoms with Gasteiger partial charge in [0.25, 0.3) is 5.91 Å². The van der Waals surface area contributed by atoms with Gasteiger partial charge in [-0.3, -0.25) is 4.79 Å². The van der Waals surface area contributed by atoms with Crippen LogP contribution in [0.25, 0.3) is 6.08 Å². The molecule has 0 saturated heterocycles. The molecule has 0 radical (unpaired) electrons. The van der Waals surface area contributed by atoms with E-state index in [0.717, 1.165) is 5.56 Å². The number of carbonyl (C=O) groups excluding carboxylic acids is 1. The maximum Gasteiger partial charge on any atom is 0.266 e. The van der Waals surface area contributed by atoms with Gasteiger partial charge in [-0.1, -0.05) is 53.5 Å². The van der Waals surface area contributed by atoms with Crippen molar-refractivity contribution in [3.63, 3.8) is 0 Å². The molecule has 0 bridgehead atoms. The van der Waals surface area contributed by atoms with Crippen molar-refractivity contribution in [3.05, 3.63) is 93.5 Å². The van der Waals surface area contributed by atoms with Crippen molar-refractivity contribution >= 4 is 40.9 Å². The quantitative estimate of drug-likeness (QED) is 0.345. The molecule has 1 amide bonds. The van der Waals surface area contributed by atoms with Gasteiger partial charge in [-0.05, 0) is 48.0 Å². The first-order valence-corrected chi connectivity index (χ1v) is 9.98. The molecule has 0 aliphatic heterocycles. The van der Waals surface area contributed by atoms with E-state index >= 15 is 0 Å². The van der Waals surface area contributed by atoms with E-state index in [-0.39, 0.29) is 5.57 Å². The maximum absolute atomic E-state index is 12.7. The van der Waals surface area contributed by atoms with Crippen molar-refractivity contribution < 1.29 is 14.3 Å². The maximum atomic E-state index is 12.7. The number of anilines is 1. The number of benzene rings is 3. The Kier molecular flexibility index (Phi) is 7.55. The summed E-state index contributed by atoms with van der Waals surface area (Å²) in [6, 6.07) is 21.2. The van der Waals surface area contributed by atoms with E-state index in [0.29, 0.717) is 39.4 Å². The van der Waals surface area contributed by atoms with Gasteiger partial charge >= 0.3 is 0 Å². The van der Waals surface area contributed by atoms with Crippen LogP contribution in [0.1, 0.15) is 11.1 Å². The van der Waals surface area contributed by atoms with Crippen LogP contribution in [-0.2, 0) is 11.4 Å². The van der Waals surface area contributed by atoms with Crippen LogP contribution < -0.4 is 14.8 Å². The first-order chi connectivity index (χ1) is 15.0. The average molecular weight is 453 g/mol. The largest absolute Gasteiger partial charge is 0.495 e. The summed E-state index contributed by atoms with van der Waals surface area (Å²) < 4.78 is 11.1. The van der Waals surface area contributed by atoms with E-state index in [2.05, 4.69) is 5.32 Å². The number of methoxy groups -OCH3 is 1. The van der Waals surface area contributed by atoms with Gasteiger partial charge in [-0.15, -0.1) is 0 Å². The van der Waals surface area contributed by atoms with Crippen LogP contribution in [0.2, 0.25) is 10.0 Å². The Labute approximate surface area is 190 Å². The summed E-state index contributed by atoms with van der Waals surface area (Å²) in [5.41, 5.74) is 1.76. The predicted octanol–water partition coefficient (Wildman–Crippen LogP) is 6.13. The van der Waals surface area contributed by atoms with Crippen LogP contribution in [0, 0.1) is 11.3 Å². The normalized spacial score (nSPS) is 10.8. The van der Waals surface area contributed by atoms with E-state index in [1.54, 1.807) is 42.5 Å². The van der Waals surface area contributed by atoms with Gasteiger partial charge in [0.05, 0.1) is 12.8 Å². The first kappa shape index (κ1) is 22.2. The highest BCUT2D eigenvalue weighted by molar-refractivity contribution is 6.31. The van der Waals surface area contributed by atoms with E-state index in [1.165, 1.54) is 13.2 Å². The van der Waals surface area contributed by atoms with Gasteiger partial charge in [0, 0.05) is 15.6 Å². The topological polar surface area (TPSA) is 71.3 Å². The molecular weight excluding hydrogens is 435 g/mol. The van der Waals surface area contributed by atoms with Crippen molar-refractivity contribution in [2.75, 3.05) is 12.4 Å². The zero-order valence-electron chi connectivity index (χ0n) is 16.6. The second-order valence-electron chi connectivity index (χ2n) is 6.42. The third-order valence-corrected chi connectivity index (χ3v) is 4.75. The predicted molar refractivity (Wildman–Crippen MR) is 122 cm³/mol. The summed E-state index contributed by atoms with van der Waals surface area (Å²) in [4.78, 5) is 12.7. The molecule has 3 aromatic rings. The standard InChI is InChI=1S/C24H18Cl2N2O3/c1-30-23-10-9-20(26)13-21(23)28-24(29)18(14-27)12-17-6-2-3-8-22(17)31-15-16-5-4-7-19(25)11-16/h2-13H,15H2,1H3,(H,28,29)/b18-12+. The van der Waals surface area contributed by atoms with Crippen molar-refractivity contribution in [2.24, 2.45) is 0 Å². The highest BCUT2D eigenvalue weighted by atomic mass is 35.5. The molecule has 0 atom stereocenters. The van der Waals surface area contributed by atoms with Crippen molar-refractivity contribution in [3.8, 4) is 17.6 Å². The second kappa shape index (κ2) is 10.5. The van der Waals surface area contributed by atoms with Crippen molar-refractivity contribution in [1.82, 2.24) is 0 Å². The number of nitrogens with zero attached hydrogens (tertiary/aromatic N) is 1. The zero-order chi connectivity index (χ0) is 22.2.